The summed E-state index contributed by atoms with van der Waals surface area (Å²) < 4.78 is 1.63. The summed E-state index contributed by atoms with van der Waals surface area (Å²) in [7, 11) is -0.627. The molecule has 0 unspecified atom stereocenters. The number of rotatable bonds is 1. The maximum atomic E-state index is 2.44. The van der Waals surface area contributed by atoms with E-state index < -0.39 is 8.80 Å². The number of hydrogen-bond donors (Lipinski definition) is 0. The first-order chi connectivity index (χ1) is 5.84. The van der Waals surface area contributed by atoms with E-state index in [9.17, 15) is 0 Å². The van der Waals surface area contributed by atoms with E-state index in [1.807, 2.05) is 0 Å². The van der Waals surface area contributed by atoms with Crippen LogP contribution in [0.4, 0.5) is 0 Å². The van der Waals surface area contributed by atoms with Crippen LogP contribution in [0.25, 0.3) is 0 Å². The zero-order chi connectivity index (χ0) is 10.2. The normalized spacial score (nSPS) is 18.6. The fraction of sp³-hybridized carbons (Fsp3) is 0.636. The molecule has 0 heterocycles. The molecule has 1 aliphatic carbocycles. The molecule has 1 aliphatic rings. The Labute approximate surface area is 93.3 Å². The summed E-state index contributed by atoms with van der Waals surface area (Å²) in [6, 6.07) is 0. The summed E-state index contributed by atoms with van der Waals surface area (Å²) in [5.41, 5.74) is 1.98. The van der Waals surface area contributed by atoms with E-state index in [1.165, 1.54) is 6.42 Å². The molecule has 0 aromatic rings. The van der Waals surface area contributed by atoms with Gasteiger partial charge in [-0.3, -0.25) is 0 Å². The molecule has 0 amide bonds. The molecule has 13 heavy (non-hydrogen) atoms. The van der Waals surface area contributed by atoms with E-state index >= 15 is 0 Å². The Balaban J connectivity index is 3.04. The molecule has 0 radical (unpaired) electrons. The van der Waals surface area contributed by atoms with E-state index in [-0.39, 0.29) is 0 Å². The summed E-state index contributed by atoms with van der Waals surface area (Å²) in [4.78, 5) is 0. The Morgan fingerprint density at radius 2 is 1.85 bits per heavy atom. The van der Waals surface area contributed by atoms with Crippen molar-refractivity contribution in [3.8, 4) is 0 Å². The maximum absolute atomic E-state index is 2.44. The Morgan fingerprint density at radius 1 is 1.31 bits per heavy atom. The van der Waals surface area contributed by atoms with Crippen molar-refractivity contribution < 1.29 is 0 Å². The van der Waals surface area contributed by atoms with E-state index in [2.05, 4.69) is 57.7 Å². The van der Waals surface area contributed by atoms with Gasteiger partial charge in [0.2, 0.25) is 0 Å². The minimum atomic E-state index is -0.627. The van der Waals surface area contributed by atoms with Crippen LogP contribution in [0.1, 0.15) is 27.2 Å². The Bertz CT molecular complexity index is 266. The van der Waals surface area contributed by atoms with E-state index in [1.54, 1.807) is 15.0 Å². The van der Waals surface area contributed by atoms with Crippen LogP contribution in [0.2, 0.25) is 13.1 Å². The first-order valence-electron chi connectivity index (χ1n) is 5.24. The van der Waals surface area contributed by atoms with Crippen LogP contribution in [0.15, 0.2) is 21.1 Å². The molecule has 0 fully saturated rings. The summed E-state index contributed by atoms with van der Waals surface area (Å²) in [6.07, 6.45) is 3.64. The Hall–Kier alpha value is 0.294. The zero-order valence-electron chi connectivity index (χ0n) is 9.86. The number of hydrogen-bond acceptors (Lipinski definition) is 0. The molecule has 0 spiro atoms. The van der Waals surface area contributed by atoms with E-state index in [0.29, 0.717) is 5.41 Å². The van der Waals surface area contributed by atoms with Gasteiger partial charge in [-0.15, -0.1) is 0 Å². The second-order valence-electron chi connectivity index (χ2n) is 5.42. The standard InChI is InChI=1S/C11H19Si.Li/c1-11(2,3)9-7-6-8-10(9)12(4)5;/h7,12H,6H2,1-5H3;. The van der Waals surface area contributed by atoms with Gasteiger partial charge in [-0.1, -0.05) is 0 Å². The third-order valence-electron chi connectivity index (χ3n) is 2.75. The van der Waals surface area contributed by atoms with Crippen molar-refractivity contribution >= 4 is 26.5 Å². The molecule has 0 N–H and O–H groups in total. The molecule has 2 heteroatoms. The monoisotopic (exact) mass is 186 g/mol. The van der Waals surface area contributed by atoms with Crippen molar-refractivity contribution in [2.45, 2.75) is 40.3 Å². The van der Waals surface area contributed by atoms with Gasteiger partial charge in [-0.05, 0) is 0 Å². The SMILES string of the molecule is [Li][C]1=C([SiH](C)C)C(C(C)(C)C)=CC1. The topological polar surface area (TPSA) is 0 Å². The molecule has 0 atom stereocenters. The molecular weight excluding hydrogens is 167 g/mol. The van der Waals surface area contributed by atoms with E-state index in [0.717, 1.165) is 0 Å². The molecule has 0 nitrogen and oxygen atoms in total. The van der Waals surface area contributed by atoms with Crippen molar-refractivity contribution in [3.63, 3.8) is 0 Å². The van der Waals surface area contributed by atoms with Crippen LogP contribution in [-0.2, 0) is 0 Å². The molecule has 0 saturated carbocycles. The van der Waals surface area contributed by atoms with Gasteiger partial charge in [0.1, 0.15) is 0 Å². The van der Waals surface area contributed by atoms with Crippen molar-refractivity contribution in [1.29, 1.82) is 0 Å². The Kier molecular flexibility index (Phi) is 3.33. The van der Waals surface area contributed by atoms with Crippen molar-refractivity contribution in [3.05, 3.63) is 21.1 Å². The third kappa shape index (κ3) is 2.40. The molecule has 1 rings (SSSR count). The summed E-state index contributed by atoms with van der Waals surface area (Å²) in [5.74, 6) is 0. The van der Waals surface area contributed by atoms with Gasteiger partial charge < -0.3 is 0 Å². The summed E-state index contributed by atoms with van der Waals surface area (Å²) in [6.45, 7) is 11.9. The molecule has 0 saturated heterocycles. The van der Waals surface area contributed by atoms with Crippen molar-refractivity contribution in [1.82, 2.24) is 0 Å². The second-order valence-corrected chi connectivity index (χ2v) is 8.31. The van der Waals surface area contributed by atoms with Gasteiger partial charge in [0.05, 0.1) is 0 Å². The van der Waals surface area contributed by atoms with Crippen LogP contribution in [-0.4, -0.2) is 26.5 Å². The number of allylic oxidation sites excluding steroid dienone is 4. The third-order valence-corrected chi connectivity index (χ3v) is 4.71. The molecule has 0 bridgehead atoms. The summed E-state index contributed by atoms with van der Waals surface area (Å²) >= 11 is 2.30. The molecule has 0 aromatic carbocycles. The quantitative estimate of drug-likeness (QED) is 0.552. The first kappa shape index (κ1) is 11.4. The van der Waals surface area contributed by atoms with Gasteiger partial charge in [-0.25, -0.2) is 0 Å². The van der Waals surface area contributed by atoms with Crippen LogP contribution in [0.5, 0.6) is 0 Å². The van der Waals surface area contributed by atoms with E-state index in [4.69, 9.17) is 0 Å². The molecular formula is C11H19LiSi. The fourth-order valence-electron chi connectivity index (χ4n) is 2.22. The van der Waals surface area contributed by atoms with Crippen molar-refractivity contribution in [2.24, 2.45) is 5.41 Å². The van der Waals surface area contributed by atoms with Crippen LogP contribution in [0.3, 0.4) is 0 Å². The van der Waals surface area contributed by atoms with Gasteiger partial charge in [0, 0.05) is 0 Å². The fourth-order valence-corrected chi connectivity index (χ4v) is 4.50. The summed E-state index contributed by atoms with van der Waals surface area (Å²) in [5, 5.41) is 1.74. The Morgan fingerprint density at radius 3 is 2.15 bits per heavy atom. The predicted octanol–water partition coefficient (Wildman–Crippen LogP) is 2.81. The molecule has 68 valence electrons. The van der Waals surface area contributed by atoms with Gasteiger partial charge in [0.25, 0.3) is 0 Å². The van der Waals surface area contributed by atoms with Gasteiger partial charge in [-0.2, -0.15) is 0 Å². The van der Waals surface area contributed by atoms with Crippen LogP contribution in [0, 0.1) is 5.41 Å². The average Bonchev–Trinajstić information content (AvgIpc) is 2.28. The zero-order valence-corrected chi connectivity index (χ0v) is 11.0. The average molecular weight is 186 g/mol. The second kappa shape index (κ2) is 3.81. The minimum absolute atomic E-state index is 0.352. The predicted molar refractivity (Wildman–Crippen MR) is 63.8 cm³/mol. The first-order valence-corrected chi connectivity index (χ1v) is 8.13. The van der Waals surface area contributed by atoms with Crippen molar-refractivity contribution in [2.75, 3.05) is 0 Å². The molecule has 0 aromatic heterocycles. The van der Waals surface area contributed by atoms with Gasteiger partial charge in [0.15, 0.2) is 0 Å². The molecule has 0 aliphatic heterocycles. The van der Waals surface area contributed by atoms with Gasteiger partial charge >= 0.3 is 93.3 Å². The van der Waals surface area contributed by atoms with Crippen LogP contribution >= 0.6 is 0 Å². The van der Waals surface area contributed by atoms with Crippen LogP contribution < -0.4 is 0 Å².